The van der Waals surface area contributed by atoms with Crippen molar-refractivity contribution in [3.63, 3.8) is 0 Å². The van der Waals surface area contributed by atoms with Crippen LogP contribution in [0.4, 0.5) is 0 Å². The Hall–Kier alpha value is -2.04. The number of carbonyl (C=O) groups is 4. The Morgan fingerprint density at radius 2 is 1.70 bits per heavy atom. The number of epoxide rings is 1. The number of ether oxygens (including phenoxy) is 4. The summed E-state index contributed by atoms with van der Waals surface area (Å²) in [5.74, 6) is -0.146. The van der Waals surface area contributed by atoms with Gasteiger partial charge in [-0.2, -0.15) is 0 Å². The highest BCUT2D eigenvalue weighted by atomic mass is 16.7. The molecule has 5 aliphatic rings. The van der Waals surface area contributed by atoms with E-state index in [0.29, 0.717) is 55.1 Å². The summed E-state index contributed by atoms with van der Waals surface area (Å²) in [5.41, 5.74) is -3.12. The first-order chi connectivity index (χ1) is 20.1. The zero-order chi connectivity index (χ0) is 31.5. The Morgan fingerprint density at radius 3 is 2.35 bits per heavy atom. The maximum atomic E-state index is 12.4. The summed E-state index contributed by atoms with van der Waals surface area (Å²) in [7, 11) is 0. The Morgan fingerprint density at radius 1 is 1.00 bits per heavy atom. The van der Waals surface area contributed by atoms with Gasteiger partial charge in [0.1, 0.15) is 36.8 Å². The third kappa shape index (κ3) is 5.54. The Labute approximate surface area is 254 Å². The minimum Gasteiger partial charge on any atom is -0.465 e. The van der Waals surface area contributed by atoms with Gasteiger partial charge in [0, 0.05) is 44.9 Å². The van der Waals surface area contributed by atoms with Gasteiger partial charge in [-0.15, -0.1) is 0 Å². The molecule has 10 nitrogen and oxygen atoms in total. The molecule has 0 aromatic heterocycles. The molecule has 0 aromatic carbocycles. The van der Waals surface area contributed by atoms with Crippen LogP contribution in [-0.2, 0) is 38.1 Å². The predicted octanol–water partition coefficient (Wildman–Crippen LogP) is 3.38. The van der Waals surface area contributed by atoms with E-state index in [0.717, 1.165) is 25.7 Å². The Balaban J connectivity index is 1.45. The SMILES string of the molecule is CC(=O)OCC(C)(O)C(C)C(C)C(OC(C)=O)C1OC12C(O)CC1C3CCC4CC(=O)CCC4C3CCC12COC(C)=O. The van der Waals surface area contributed by atoms with Crippen LogP contribution in [0.5, 0.6) is 0 Å². The predicted molar refractivity (Wildman–Crippen MR) is 153 cm³/mol. The fourth-order valence-corrected chi connectivity index (χ4v) is 10.1. The van der Waals surface area contributed by atoms with E-state index < -0.39 is 64.7 Å². The molecule has 5 fully saturated rings. The van der Waals surface area contributed by atoms with Crippen molar-refractivity contribution >= 4 is 23.7 Å². The molecular weight excluding hydrogens is 556 g/mol. The van der Waals surface area contributed by atoms with E-state index in [1.807, 2.05) is 13.8 Å². The Kier molecular flexibility index (Phi) is 8.81. The molecule has 0 aromatic rings. The number of fused-ring (bicyclic) bond motifs is 6. The number of esters is 3. The smallest absolute Gasteiger partial charge is 0.303 e. The van der Waals surface area contributed by atoms with Crippen molar-refractivity contribution in [1.82, 2.24) is 0 Å². The lowest BCUT2D eigenvalue weighted by molar-refractivity contribution is -0.160. The maximum Gasteiger partial charge on any atom is 0.303 e. The molecule has 13 unspecified atom stereocenters. The molecule has 0 bridgehead atoms. The molecule has 5 rings (SSSR count). The van der Waals surface area contributed by atoms with Gasteiger partial charge in [0.05, 0.1) is 11.7 Å². The van der Waals surface area contributed by atoms with Gasteiger partial charge in [-0.05, 0) is 81.0 Å². The monoisotopic (exact) mass is 606 g/mol. The van der Waals surface area contributed by atoms with Crippen molar-refractivity contribution in [1.29, 1.82) is 0 Å². The summed E-state index contributed by atoms with van der Waals surface area (Å²) < 4.78 is 23.4. The minimum atomic E-state index is -1.41. The van der Waals surface area contributed by atoms with Crippen LogP contribution >= 0.6 is 0 Å². The summed E-state index contributed by atoms with van der Waals surface area (Å²) in [4.78, 5) is 48.3. The average Bonchev–Trinajstić information content (AvgIpc) is 3.64. The highest BCUT2D eigenvalue weighted by Gasteiger charge is 2.82. The molecule has 10 heteroatoms. The van der Waals surface area contributed by atoms with E-state index >= 15 is 0 Å². The summed E-state index contributed by atoms with van der Waals surface area (Å²) >= 11 is 0. The van der Waals surface area contributed by atoms with Crippen molar-refractivity contribution in [3.8, 4) is 0 Å². The fraction of sp³-hybridized carbons (Fsp3) is 0.879. The zero-order valence-corrected chi connectivity index (χ0v) is 26.5. The van der Waals surface area contributed by atoms with Crippen LogP contribution < -0.4 is 0 Å². The molecule has 0 amide bonds. The second kappa shape index (κ2) is 11.7. The van der Waals surface area contributed by atoms with Crippen LogP contribution in [-0.4, -0.2) is 76.6 Å². The second-order valence-corrected chi connectivity index (χ2v) is 14.6. The van der Waals surface area contributed by atoms with Gasteiger partial charge >= 0.3 is 17.9 Å². The van der Waals surface area contributed by atoms with E-state index in [1.54, 1.807) is 6.92 Å². The first kappa shape index (κ1) is 32.4. The molecule has 4 aliphatic carbocycles. The molecule has 1 heterocycles. The maximum absolute atomic E-state index is 12.4. The molecule has 13 atom stereocenters. The number of Topliss-reactive ketones (excluding diaryl/α,β-unsaturated/α-hetero) is 1. The van der Waals surface area contributed by atoms with Gasteiger partial charge in [-0.1, -0.05) is 13.8 Å². The number of hydrogen-bond acceptors (Lipinski definition) is 10. The molecule has 4 saturated carbocycles. The third-order valence-electron chi connectivity index (χ3n) is 12.4. The lowest BCUT2D eigenvalue weighted by Crippen LogP contribution is -2.56. The van der Waals surface area contributed by atoms with Gasteiger partial charge in [0.2, 0.25) is 0 Å². The quantitative estimate of drug-likeness (QED) is 0.227. The van der Waals surface area contributed by atoms with E-state index in [9.17, 15) is 29.4 Å². The molecule has 2 N–H and O–H groups in total. The Bertz CT molecular complexity index is 1120. The van der Waals surface area contributed by atoms with Gasteiger partial charge in [-0.25, -0.2) is 0 Å². The summed E-state index contributed by atoms with van der Waals surface area (Å²) in [6.45, 7) is 9.19. The van der Waals surface area contributed by atoms with Gasteiger partial charge in [0.25, 0.3) is 0 Å². The lowest BCUT2D eigenvalue weighted by atomic mass is 9.49. The summed E-state index contributed by atoms with van der Waals surface area (Å²) in [6.07, 6.45) is 4.04. The topological polar surface area (TPSA) is 149 Å². The lowest BCUT2D eigenvalue weighted by Gasteiger charge is -2.55. The van der Waals surface area contributed by atoms with Gasteiger partial charge in [0.15, 0.2) is 0 Å². The van der Waals surface area contributed by atoms with Crippen LogP contribution in [0.3, 0.4) is 0 Å². The molecule has 1 spiro atoms. The molecule has 1 aliphatic heterocycles. The van der Waals surface area contributed by atoms with Crippen LogP contribution in [0.1, 0.15) is 92.9 Å². The fourth-order valence-electron chi connectivity index (χ4n) is 10.1. The standard InChI is InChI=1S/C33H50O10/c1-17(18(2)31(6,39)15-40-19(3)34)29(42-21(5)36)30-33(43-30)28(38)14-27-26-9-7-22-13-23(37)8-10-24(22)25(26)11-12-32(27,33)16-41-20(4)35/h17-18,22,24-30,38-39H,7-16H2,1-6H3. The van der Waals surface area contributed by atoms with E-state index in [4.69, 9.17) is 18.9 Å². The highest BCUT2D eigenvalue weighted by molar-refractivity contribution is 5.79. The second-order valence-electron chi connectivity index (χ2n) is 14.6. The number of carbonyl (C=O) groups excluding carboxylic acids is 4. The number of aliphatic hydroxyl groups is 2. The first-order valence-electron chi connectivity index (χ1n) is 16.2. The van der Waals surface area contributed by atoms with E-state index in [2.05, 4.69) is 0 Å². The zero-order valence-electron chi connectivity index (χ0n) is 26.5. The van der Waals surface area contributed by atoms with Crippen LogP contribution in [0.25, 0.3) is 0 Å². The molecular formula is C33H50O10. The highest BCUT2D eigenvalue weighted by Crippen LogP contribution is 2.72. The molecule has 43 heavy (non-hydrogen) atoms. The van der Waals surface area contributed by atoms with Gasteiger partial charge in [-0.3, -0.25) is 19.2 Å². The first-order valence-corrected chi connectivity index (χ1v) is 16.2. The molecule has 1 saturated heterocycles. The van der Waals surface area contributed by atoms with E-state index in [-0.39, 0.29) is 19.1 Å². The number of hydrogen-bond donors (Lipinski definition) is 2. The third-order valence-corrected chi connectivity index (χ3v) is 12.4. The molecule has 0 radical (unpaired) electrons. The normalized spacial score (nSPS) is 41.5. The summed E-state index contributed by atoms with van der Waals surface area (Å²) in [6, 6.07) is 0. The largest absolute Gasteiger partial charge is 0.465 e. The van der Waals surface area contributed by atoms with E-state index in [1.165, 1.54) is 20.8 Å². The van der Waals surface area contributed by atoms with Gasteiger partial charge < -0.3 is 29.2 Å². The average molecular weight is 607 g/mol. The van der Waals surface area contributed by atoms with Crippen molar-refractivity contribution in [3.05, 3.63) is 0 Å². The van der Waals surface area contributed by atoms with Crippen molar-refractivity contribution < 1.29 is 48.3 Å². The van der Waals surface area contributed by atoms with Crippen molar-refractivity contribution in [2.45, 2.75) is 122 Å². The number of rotatable bonds is 9. The van der Waals surface area contributed by atoms with Crippen LogP contribution in [0, 0.1) is 46.8 Å². The molecule has 242 valence electrons. The van der Waals surface area contributed by atoms with Crippen molar-refractivity contribution in [2.24, 2.45) is 46.8 Å². The minimum absolute atomic E-state index is 0.0574. The number of ketones is 1. The van der Waals surface area contributed by atoms with Crippen LogP contribution in [0.15, 0.2) is 0 Å². The van der Waals surface area contributed by atoms with Crippen LogP contribution in [0.2, 0.25) is 0 Å². The summed E-state index contributed by atoms with van der Waals surface area (Å²) in [5, 5.41) is 23.1. The van der Waals surface area contributed by atoms with Crippen molar-refractivity contribution in [2.75, 3.05) is 13.2 Å². The number of aliphatic hydroxyl groups excluding tert-OH is 1.